The van der Waals surface area contributed by atoms with Crippen LogP contribution >= 0.6 is 0 Å². The molecule has 0 aliphatic rings. The van der Waals surface area contributed by atoms with Crippen molar-refractivity contribution in [2.75, 3.05) is 0 Å². The number of hydrogen-bond donors (Lipinski definition) is 0. The smallest absolute Gasteiger partial charge is 0.256 e. The van der Waals surface area contributed by atoms with Gasteiger partial charge in [0.25, 0.3) is 0 Å². The summed E-state index contributed by atoms with van der Waals surface area (Å²) >= 11 is 0. The summed E-state index contributed by atoms with van der Waals surface area (Å²) in [5, 5.41) is 7.89. The van der Waals surface area contributed by atoms with Crippen molar-refractivity contribution in [1.82, 2.24) is 0 Å². The van der Waals surface area contributed by atoms with Gasteiger partial charge in [0.1, 0.15) is 0 Å². The van der Waals surface area contributed by atoms with E-state index >= 15 is 0 Å². The zero-order valence-corrected chi connectivity index (χ0v) is 10.6. The fourth-order valence-electron chi connectivity index (χ4n) is 1.40. The lowest BCUT2D eigenvalue weighted by molar-refractivity contribution is 1.27. The number of hydrogen-bond acceptors (Lipinski definition) is 4. The molecule has 0 spiro atoms. The average Bonchev–Trinajstić information content (AvgIpc) is 2.45. The van der Waals surface area contributed by atoms with Gasteiger partial charge >= 0.3 is 7.55 Å². The van der Waals surface area contributed by atoms with E-state index in [0.29, 0.717) is 0 Å². The molecule has 0 atom stereocenters. The van der Waals surface area contributed by atoms with E-state index in [0.717, 1.165) is 16.9 Å². The molecule has 0 unspecified atom stereocenters. The van der Waals surface area contributed by atoms with Crippen LogP contribution in [0.25, 0.3) is 0 Å². The molecule has 4 nitrogen and oxygen atoms in total. The van der Waals surface area contributed by atoms with E-state index in [4.69, 9.17) is 0 Å². The Kier molecular flexibility index (Phi) is 4.79. The van der Waals surface area contributed by atoms with Crippen LogP contribution in [0.15, 0.2) is 74.6 Å². The van der Waals surface area contributed by atoms with Crippen molar-refractivity contribution in [3.05, 3.63) is 60.2 Å². The third kappa shape index (κ3) is 4.34. The zero-order chi connectivity index (χ0) is 13.3. The van der Waals surface area contributed by atoms with Crippen molar-refractivity contribution in [1.29, 1.82) is 0 Å². The van der Waals surface area contributed by atoms with Gasteiger partial charge < -0.3 is 0 Å². The highest BCUT2D eigenvalue weighted by Gasteiger charge is 1.92. The molecule has 0 heterocycles. The molecule has 0 N–H and O–H groups in total. The van der Waals surface area contributed by atoms with E-state index in [9.17, 15) is 0 Å². The van der Waals surface area contributed by atoms with Crippen LogP contribution < -0.4 is 0 Å². The van der Waals surface area contributed by atoms with Crippen LogP contribution in [0.3, 0.4) is 0 Å². The van der Waals surface area contributed by atoms with Gasteiger partial charge in [-0.15, -0.1) is 0 Å². The number of benzene rings is 2. The Morgan fingerprint density at radius 3 is 2.47 bits per heavy atom. The summed E-state index contributed by atoms with van der Waals surface area (Å²) in [5.74, 6) is 0. The lowest BCUT2D eigenvalue weighted by Crippen LogP contribution is -1.77. The molecule has 19 heavy (non-hydrogen) atoms. The van der Waals surface area contributed by atoms with Crippen LogP contribution in [0.5, 0.6) is 0 Å². The predicted octanol–water partition coefficient (Wildman–Crippen LogP) is 4.12. The lowest BCUT2D eigenvalue weighted by atomic mass is 10.2. The Hall–Kier alpha value is -2.52. The average molecular weight is 247 g/mol. The van der Waals surface area contributed by atoms with Gasteiger partial charge in [-0.25, -0.2) is 5.03 Å². The molecule has 0 amide bonds. The molecule has 1 radical (unpaired) electrons. The van der Waals surface area contributed by atoms with Gasteiger partial charge in [0.2, 0.25) is 0 Å². The van der Waals surface area contributed by atoms with Gasteiger partial charge in [0.05, 0.1) is 17.4 Å². The first-order chi connectivity index (χ1) is 9.36. The van der Waals surface area contributed by atoms with Crippen LogP contribution in [0, 0.1) is 6.92 Å². The molecule has 2 rings (SSSR count). The SMILES string of the molecule is Cc1ccccc1N=N[B]N=C=Nc1ccccc1. The third-order valence-corrected chi connectivity index (χ3v) is 2.38. The summed E-state index contributed by atoms with van der Waals surface area (Å²) in [5.41, 5.74) is 2.70. The maximum atomic E-state index is 4.04. The first-order valence-corrected chi connectivity index (χ1v) is 5.85. The molecule has 0 saturated heterocycles. The quantitative estimate of drug-likeness (QED) is 0.443. The minimum absolute atomic E-state index is 0.801. The zero-order valence-electron chi connectivity index (χ0n) is 10.6. The van der Waals surface area contributed by atoms with E-state index in [2.05, 4.69) is 26.0 Å². The van der Waals surface area contributed by atoms with Crippen molar-refractivity contribution in [2.24, 2.45) is 20.0 Å². The van der Waals surface area contributed by atoms with Crippen molar-refractivity contribution in [2.45, 2.75) is 6.92 Å². The molecule has 0 aliphatic carbocycles. The molecule has 2 aromatic carbocycles. The third-order valence-electron chi connectivity index (χ3n) is 2.38. The number of aryl methyl sites for hydroxylation is 1. The van der Waals surface area contributed by atoms with Crippen LogP contribution in [-0.2, 0) is 0 Å². The van der Waals surface area contributed by atoms with Crippen LogP contribution in [0.1, 0.15) is 5.56 Å². The molecule has 5 heteroatoms. The van der Waals surface area contributed by atoms with E-state index in [1.54, 1.807) is 0 Å². The number of nitrogens with zero attached hydrogens (tertiary/aromatic N) is 4. The van der Waals surface area contributed by atoms with Gasteiger partial charge in [0, 0.05) is 0 Å². The molecule has 0 saturated carbocycles. The normalized spacial score (nSPS) is 9.95. The molecular formula is C14H12BN4. The van der Waals surface area contributed by atoms with Gasteiger partial charge in [-0.2, -0.15) is 10.1 Å². The number of aliphatic imine (C=N–C) groups is 1. The van der Waals surface area contributed by atoms with E-state index in [1.165, 1.54) is 7.55 Å². The highest BCUT2D eigenvalue weighted by Crippen LogP contribution is 2.16. The van der Waals surface area contributed by atoms with Crippen molar-refractivity contribution in [3.63, 3.8) is 0 Å². The van der Waals surface area contributed by atoms with Crippen LogP contribution in [0.4, 0.5) is 11.4 Å². The highest BCUT2D eigenvalue weighted by atomic mass is 15.1. The summed E-state index contributed by atoms with van der Waals surface area (Å²) in [7, 11) is 1.32. The van der Waals surface area contributed by atoms with Crippen molar-refractivity contribution < 1.29 is 0 Å². The maximum absolute atomic E-state index is 4.04. The predicted molar refractivity (Wildman–Crippen MR) is 77.4 cm³/mol. The molecule has 91 valence electrons. The maximum Gasteiger partial charge on any atom is 0.470 e. The minimum Gasteiger partial charge on any atom is -0.256 e. The standard InChI is InChI=1S/C14H12BN4/c1-12-7-5-6-10-14(12)18-19-15-17-11-16-13-8-3-2-4-9-13/h2-10H,1H3. The fourth-order valence-corrected chi connectivity index (χ4v) is 1.40. The Morgan fingerprint density at radius 1 is 0.947 bits per heavy atom. The van der Waals surface area contributed by atoms with Crippen LogP contribution in [-0.4, -0.2) is 13.6 Å². The number of para-hydroxylation sites is 1. The first kappa shape index (κ1) is 12.9. The summed E-state index contributed by atoms with van der Waals surface area (Å²) < 4.78 is 0. The van der Waals surface area contributed by atoms with Gasteiger partial charge in [-0.05, 0) is 30.7 Å². The largest absolute Gasteiger partial charge is 0.470 e. The first-order valence-electron chi connectivity index (χ1n) is 5.85. The monoisotopic (exact) mass is 247 g/mol. The lowest BCUT2D eigenvalue weighted by Gasteiger charge is -1.95. The van der Waals surface area contributed by atoms with E-state index < -0.39 is 0 Å². The molecule has 0 aliphatic heterocycles. The van der Waals surface area contributed by atoms with Gasteiger partial charge in [0.15, 0.2) is 0 Å². The molecule has 2 aromatic rings. The molecule has 0 fully saturated rings. The fraction of sp³-hybridized carbons (Fsp3) is 0.0714. The molecular weight excluding hydrogens is 235 g/mol. The van der Waals surface area contributed by atoms with E-state index in [1.807, 2.05) is 61.5 Å². The summed E-state index contributed by atoms with van der Waals surface area (Å²) in [4.78, 5) is 7.83. The Bertz CT molecular complexity index is 616. The van der Waals surface area contributed by atoms with Crippen molar-refractivity contribution >= 4 is 24.9 Å². The van der Waals surface area contributed by atoms with Crippen molar-refractivity contribution in [3.8, 4) is 0 Å². The van der Waals surface area contributed by atoms with Gasteiger partial charge in [-0.1, -0.05) is 36.4 Å². The Morgan fingerprint density at radius 2 is 1.68 bits per heavy atom. The minimum atomic E-state index is 0.801. The second-order valence-electron chi connectivity index (χ2n) is 3.79. The molecule has 0 aromatic heterocycles. The van der Waals surface area contributed by atoms with E-state index in [-0.39, 0.29) is 0 Å². The van der Waals surface area contributed by atoms with Gasteiger partial charge in [-0.3, -0.25) is 4.90 Å². The highest BCUT2D eigenvalue weighted by molar-refractivity contribution is 6.31. The molecule has 0 bridgehead atoms. The number of rotatable bonds is 4. The Balaban J connectivity index is 1.90. The Labute approximate surface area is 112 Å². The van der Waals surface area contributed by atoms with Crippen LogP contribution in [0.2, 0.25) is 0 Å². The summed E-state index contributed by atoms with van der Waals surface area (Å²) in [6.45, 7) is 1.98. The second kappa shape index (κ2) is 7.04. The summed E-state index contributed by atoms with van der Waals surface area (Å²) in [6.07, 6.45) is 0. The topological polar surface area (TPSA) is 49.4 Å². The summed E-state index contributed by atoms with van der Waals surface area (Å²) in [6, 6.07) is 19.8. The second-order valence-corrected chi connectivity index (χ2v) is 3.79.